The van der Waals surface area contributed by atoms with Crippen LogP contribution in [0.5, 0.6) is 0 Å². The summed E-state index contributed by atoms with van der Waals surface area (Å²) in [6.45, 7) is 0. The quantitative estimate of drug-likeness (QED) is 0.674. The Morgan fingerprint density at radius 1 is 1.31 bits per heavy atom. The van der Waals surface area contributed by atoms with Crippen LogP contribution in [-0.4, -0.2) is 10.7 Å². The minimum atomic E-state index is -0.405. The maximum atomic E-state index is 9.67. The zero-order valence-electron chi connectivity index (χ0n) is 7.46. The molecule has 0 unspecified atom stereocenters. The first-order valence-corrected chi connectivity index (χ1v) is 4.50. The van der Waals surface area contributed by atoms with Crippen molar-refractivity contribution in [1.82, 2.24) is 0 Å². The van der Waals surface area contributed by atoms with Gasteiger partial charge in [-0.05, 0) is 30.5 Å². The lowest BCUT2D eigenvalue weighted by Crippen LogP contribution is -2.10. The summed E-state index contributed by atoms with van der Waals surface area (Å²) in [5, 5.41) is 9.67. The molecule has 1 aromatic carbocycles. The average Bonchev–Trinajstić information content (AvgIpc) is 2.85. The van der Waals surface area contributed by atoms with Gasteiger partial charge in [0.2, 0.25) is 0 Å². The lowest BCUT2D eigenvalue weighted by molar-refractivity contribution is 0.151. The Morgan fingerprint density at radius 3 is 2.38 bits per heavy atom. The van der Waals surface area contributed by atoms with Crippen LogP contribution in [0, 0.1) is 12.3 Å². The highest BCUT2D eigenvalue weighted by atomic mass is 16.3. The summed E-state index contributed by atoms with van der Waals surface area (Å²) < 4.78 is 0. The SMILES string of the molecule is C#Cc1ccc(CC2(O)CC2)cc1. The van der Waals surface area contributed by atoms with Crippen LogP contribution in [0.15, 0.2) is 24.3 Å². The summed E-state index contributed by atoms with van der Waals surface area (Å²) in [7, 11) is 0. The standard InChI is InChI=1S/C12H12O/c1-2-10-3-5-11(6-4-10)9-12(13)7-8-12/h1,3-6,13H,7-9H2. The topological polar surface area (TPSA) is 20.2 Å². The third-order valence-electron chi connectivity index (χ3n) is 2.48. The molecule has 0 heterocycles. The van der Waals surface area contributed by atoms with E-state index in [1.807, 2.05) is 24.3 Å². The highest BCUT2D eigenvalue weighted by Crippen LogP contribution is 2.38. The highest BCUT2D eigenvalue weighted by molar-refractivity contribution is 5.34. The van der Waals surface area contributed by atoms with Crippen molar-refractivity contribution in [3.63, 3.8) is 0 Å². The molecule has 0 spiro atoms. The van der Waals surface area contributed by atoms with Crippen molar-refractivity contribution < 1.29 is 5.11 Å². The number of hydrogen-bond donors (Lipinski definition) is 1. The summed E-state index contributed by atoms with van der Waals surface area (Å²) in [6.07, 6.45) is 7.87. The molecular formula is C12H12O. The molecule has 1 saturated carbocycles. The van der Waals surface area contributed by atoms with Crippen molar-refractivity contribution in [2.45, 2.75) is 24.9 Å². The van der Waals surface area contributed by atoms with Crippen molar-refractivity contribution in [2.75, 3.05) is 0 Å². The van der Waals surface area contributed by atoms with Gasteiger partial charge in [-0.1, -0.05) is 18.1 Å². The molecule has 66 valence electrons. The average molecular weight is 172 g/mol. The number of terminal acetylenes is 1. The van der Waals surface area contributed by atoms with Crippen LogP contribution >= 0.6 is 0 Å². The zero-order chi connectivity index (χ0) is 9.31. The molecule has 1 fully saturated rings. The Hall–Kier alpha value is -1.26. The van der Waals surface area contributed by atoms with E-state index < -0.39 is 5.60 Å². The van der Waals surface area contributed by atoms with Gasteiger partial charge >= 0.3 is 0 Å². The van der Waals surface area contributed by atoms with Crippen LogP contribution < -0.4 is 0 Å². The molecule has 0 aromatic heterocycles. The van der Waals surface area contributed by atoms with E-state index in [4.69, 9.17) is 6.42 Å². The Bertz CT molecular complexity index is 338. The second kappa shape index (κ2) is 2.90. The largest absolute Gasteiger partial charge is 0.390 e. The van der Waals surface area contributed by atoms with Gasteiger partial charge in [-0.15, -0.1) is 6.42 Å². The number of benzene rings is 1. The van der Waals surface area contributed by atoms with Gasteiger partial charge in [-0.3, -0.25) is 0 Å². The van der Waals surface area contributed by atoms with E-state index in [-0.39, 0.29) is 0 Å². The minimum absolute atomic E-state index is 0.405. The first-order chi connectivity index (χ1) is 6.22. The Labute approximate surface area is 78.4 Å². The number of hydrogen-bond acceptors (Lipinski definition) is 1. The van der Waals surface area contributed by atoms with E-state index in [1.54, 1.807) is 0 Å². The van der Waals surface area contributed by atoms with Gasteiger partial charge in [0.05, 0.1) is 5.60 Å². The minimum Gasteiger partial charge on any atom is -0.390 e. The molecule has 1 aromatic rings. The van der Waals surface area contributed by atoms with Crippen molar-refractivity contribution in [3.8, 4) is 12.3 Å². The van der Waals surface area contributed by atoms with Gasteiger partial charge in [-0.25, -0.2) is 0 Å². The normalized spacial score (nSPS) is 17.8. The van der Waals surface area contributed by atoms with Crippen molar-refractivity contribution in [1.29, 1.82) is 0 Å². The monoisotopic (exact) mass is 172 g/mol. The van der Waals surface area contributed by atoms with Crippen molar-refractivity contribution in [3.05, 3.63) is 35.4 Å². The van der Waals surface area contributed by atoms with E-state index in [0.29, 0.717) is 0 Å². The summed E-state index contributed by atoms with van der Waals surface area (Å²) in [6, 6.07) is 7.82. The fraction of sp³-hybridized carbons (Fsp3) is 0.333. The van der Waals surface area contributed by atoms with Gasteiger partial charge < -0.3 is 5.11 Å². The molecule has 0 amide bonds. The molecule has 2 rings (SSSR count). The molecule has 0 bridgehead atoms. The third-order valence-corrected chi connectivity index (χ3v) is 2.48. The summed E-state index contributed by atoms with van der Waals surface area (Å²) in [5.74, 6) is 2.57. The van der Waals surface area contributed by atoms with Crippen LogP contribution in [0.1, 0.15) is 24.0 Å². The summed E-state index contributed by atoms with van der Waals surface area (Å²) in [4.78, 5) is 0. The predicted molar refractivity (Wildman–Crippen MR) is 52.3 cm³/mol. The van der Waals surface area contributed by atoms with Crippen molar-refractivity contribution >= 4 is 0 Å². The fourth-order valence-electron chi connectivity index (χ4n) is 1.42. The van der Waals surface area contributed by atoms with Crippen LogP contribution in [0.3, 0.4) is 0 Å². The molecular weight excluding hydrogens is 160 g/mol. The summed E-state index contributed by atoms with van der Waals surface area (Å²) >= 11 is 0. The van der Waals surface area contributed by atoms with Crippen LogP contribution in [0.2, 0.25) is 0 Å². The maximum Gasteiger partial charge on any atom is 0.0690 e. The van der Waals surface area contributed by atoms with Crippen LogP contribution in [0.4, 0.5) is 0 Å². The van der Waals surface area contributed by atoms with Gasteiger partial charge in [0.1, 0.15) is 0 Å². The molecule has 1 heteroatoms. The second-order valence-corrected chi connectivity index (χ2v) is 3.74. The highest BCUT2D eigenvalue weighted by Gasteiger charge is 2.39. The molecule has 1 nitrogen and oxygen atoms in total. The van der Waals surface area contributed by atoms with Crippen molar-refractivity contribution in [2.24, 2.45) is 0 Å². The van der Waals surface area contributed by atoms with E-state index in [9.17, 15) is 5.11 Å². The molecule has 0 aliphatic heterocycles. The van der Waals surface area contributed by atoms with Crippen LogP contribution in [0.25, 0.3) is 0 Å². The van der Waals surface area contributed by atoms with Gasteiger partial charge in [0.25, 0.3) is 0 Å². The first-order valence-electron chi connectivity index (χ1n) is 4.50. The Kier molecular flexibility index (Phi) is 1.86. The summed E-state index contributed by atoms with van der Waals surface area (Å²) in [5.41, 5.74) is 1.66. The molecule has 13 heavy (non-hydrogen) atoms. The first kappa shape index (κ1) is 8.34. The Morgan fingerprint density at radius 2 is 1.92 bits per heavy atom. The molecule has 0 saturated heterocycles. The number of aliphatic hydroxyl groups is 1. The Balaban J connectivity index is 2.10. The van der Waals surface area contributed by atoms with E-state index in [0.717, 1.165) is 24.8 Å². The van der Waals surface area contributed by atoms with Crippen LogP contribution in [-0.2, 0) is 6.42 Å². The number of rotatable bonds is 2. The van der Waals surface area contributed by atoms with E-state index in [1.165, 1.54) is 5.56 Å². The lowest BCUT2D eigenvalue weighted by atomic mass is 10.1. The second-order valence-electron chi connectivity index (χ2n) is 3.74. The molecule has 1 aliphatic carbocycles. The van der Waals surface area contributed by atoms with E-state index >= 15 is 0 Å². The van der Waals surface area contributed by atoms with Gasteiger partial charge in [0, 0.05) is 12.0 Å². The zero-order valence-corrected chi connectivity index (χ0v) is 7.46. The smallest absolute Gasteiger partial charge is 0.0690 e. The molecule has 0 atom stereocenters. The van der Waals surface area contributed by atoms with E-state index in [2.05, 4.69) is 5.92 Å². The van der Waals surface area contributed by atoms with Gasteiger partial charge in [-0.2, -0.15) is 0 Å². The lowest BCUT2D eigenvalue weighted by Gasteiger charge is -2.06. The predicted octanol–water partition coefficient (Wildman–Crippen LogP) is 1.74. The van der Waals surface area contributed by atoms with Gasteiger partial charge in [0.15, 0.2) is 0 Å². The maximum absolute atomic E-state index is 9.67. The molecule has 1 aliphatic rings. The molecule has 1 N–H and O–H groups in total. The fourth-order valence-corrected chi connectivity index (χ4v) is 1.42. The molecule has 0 radical (unpaired) electrons. The third kappa shape index (κ3) is 1.91.